The van der Waals surface area contributed by atoms with Crippen LogP contribution in [0.25, 0.3) is 0 Å². The first-order valence-corrected chi connectivity index (χ1v) is 8.59. The van der Waals surface area contributed by atoms with E-state index in [1.807, 2.05) is 6.92 Å². The lowest BCUT2D eigenvalue weighted by Crippen LogP contribution is -2.43. The van der Waals surface area contributed by atoms with Crippen molar-refractivity contribution in [2.45, 2.75) is 30.8 Å². The Kier molecular flexibility index (Phi) is 5.03. The summed E-state index contributed by atoms with van der Waals surface area (Å²) in [5.74, 6) is -1.14. The Bertz CT molecular complexity index is 668. The normalized spacial score (nSPS) is 18.8. The van der Waals surface area contributed by atoms with Gasteiger partial charge < -0.3 is 5.32 Å². The Hall–Kier alpha value is -1.19. The van der Waals surface area contributed by atoms with Gasteiger partial charge in [-0.2, -0.15) is 13.2 Å². The maximum Gasteiger partial charge on any atom is 0.417 e. The van der Waals surface area contributed by atoms with E-state index >= 15 is 0 Å². The Labute approximate surface area is 132 Å². The zero-order valence-corrected chi connectivity index (χ0v) is 13.3. The maximum absolute atomic E-state index is 13.1. The van der Waals surface area contributed by atoms with Crippen LogP contribution in [-0.2, 0) is 16.2 Å². The van der Waals surface area contributed by atoms with Crippen molar-refractivity contribution in [1.82, 2.24) is 10.0 Å². The van der Waals surface area contributed by atoms with Crippen LogP contribution in [0.3, 0.4) is 0 Å². The zero-order valence-electron chi connectivity index (χ0n) is 12.5. The second-order valence-electron chi connectivity index (χ2n) is 6.02. The number of alkyl halides is 3. The number of halogens is 4. The molecule has 1 aromatic carbocycles. The topological polar surface area (TPSA) is 58.2 Å². The first kappa shape index (κ1) is 18.2. The van der Waals surface area contributed by atoms with Gasteiger partial charge >= 0.3 is 6.18 Å². The van der Waals surface area contributed by atoms with E-state index in [-0.39, 0.29) is 18.0 Å². The molecule has 2 rings (SSSR count). The van der Waals surface area contributed by atoms with Crippen molar-refractivity contribution in [1.29, 1.82) is 0 Å². The summed E-state index contributed by atoms with van der Waals surface area (Å²) in [5, 5.41) is 3.14. The molecule has 0 bridgehead atoms. The SMILES string of the molecule is CC1(CNS(=O)(=O)c2ccc(F)cc2C(F)(F)F)CCNCC1. The lowest BCUT2D eigenvalue weighted by atomic mass is 9.81. The summed E-state index contributed by atoms with van der Waals surface area (Å²) in [6.07, 6.45) is -3.53. The summed E-state index contributed by atoms with van der Waals surface area (Å²) in [5.41, 5.74) is -1.82. The van der Waals surface area contributed by atoms with Crippen LogP contribution < -0.4 is 10.0 Å². The van der Waals surface area contributed by atoms with Crippen molar-refractivity contribution < 1.29 is 26.0 Å². The molecular formula is C14H18F4N2O2S. The maximum atomic E-state index is 13.1. The molecule has 1 aromatic rings. The first-order chi connectivity index (χ1) is 10.5. The predicted molar refractivity (Wildman–Crippen MR) is 76.8 cm³/mol. The average Bonchev–Trinajstić information content (AvgIpc) is 2.45. The zero-order chi connectivity index (χ0) is 17.3. The smallest absolute Gasteiger partial charge is 0.317 e. The molecule has 1 aliphatic rings. The van der Waals surface area contributed by atoms with Crippen LogP contribution >= 0.6 is 0 Å². The van der Waals surface area contributed by atoms with E-state index in [2.05, 4.69) is 10.0 Å². The summed E-state index contributed by atoms with van der Waals surface area (Å²) < 4.78 is 78.7. The van der Waals surface area contributed by atoms with Gasteiger partial charge in [-0.3, -0.25) is 0 Å². The fraction of sp³-hybridized carbons (Fsp3) is 0.571. The molecule has 9 heteroatoms. The van der Waals surface area contributed by atoms with Crippen LogP contribution in [0, 0.1) is 11.2 Å². The van der Waals surface area contributed by atoms with Crippen LogP contribution in [0.1, 0.15) is 25.3 Å². The van der Waals surface area contributed by atoms with E-state index in [9.17, 15) is 26.0 Å². The molecule has 23 heavy (non-hydrogen) atoms. The summed E-state index contributed by atoms with van der Waals surface area (Å²) in [6.45, 7) is 3.36. The second kappa shape index (κ2) is 6.37. The molecule has 1 saturated heterocycles. The van der Waals surface area contributed by atoms with E-state index in [0.717, 1.165) is 13.1 Å². The first-order valence-electron chi connectivity index (χ1n) is 7.11. The van der Waals surface area contributed by atoms with Crippen LogP contribution in [0.4, 0.5) is 17.6 Å². The Morgan fingerprint density at radius 1 is 1.26 bits per heavy atom. The number of nitrogens with one attached hydrogen (secondary N) is 2. The number of piperidine rings is 1. The molecule has 1 heterocycles. The molecule has 1 fully saturated rings. The second-order valence-corrected chi connectivity index (χ2v) is 7.76. The monoisotopic (exact) mass is 354 g/mol. The lowest BCUT2D eigenvalue weighted by molar-refractivity contribution is -0.140. The highest BCUT2D eigenvalue weighted by Gasteiger charge is 2.38. The summed E-state index contributed by atoms with van der Waals surface area (Å²) in [6, 6.07) is 1.54. The van der Waals surface area contributed by atoms with Gasteiger partial charge in [0.2, 0.25) is 10.0 Å². The largest absolute Gasteiger partial charge is 0.417 e. The van der Waals surface area contributed by atoms with Gasteiger partial charge in [-0.1, -0.05) is 6.92 Å². The number of rotatable bonds is 4. The molecule has 0 atom stereocenters. The fourth-order valence-corrected chi connectivity index (χ4v) is 3.92. The number of hydrogen-bond donors (Lipinski definition) is 2. The van der Waals surface area contributed by atoms with Gasteiger partial charge in [0, 0.05) is 6.54 Å². The molecule has 130 valence electrons. The third-order valence-corrected chi connectivity index (χ3v) is 5.50. The minimum absolute atomic E-state index is 0.0334. The molecule has 0 aromatic heterocycles. The summed E-state index contributed by atoms with van der Waals surface area (Å²) in [7, 11) is -4.39. The molecule has 0 radical (unpaired) electrons. The molecule has 2 N–H and O–H groups in total. The molecule has 4 nitrogen and oxygen atoms in total. The van der Waals surface area contributed by atoms with Gasteiger partial charge in [0.15, 0.2) is 0 Å². The van der Waals surface area contributed by atoms with Crippen LogP contribution in [0.2, 0.25) is 0 Å². The highest BCUT2D eigenvalue weighted by atomic mass is 32.2. The minimum atomic E-state index is -4.95. The quantitative estimate of drug-likeness (QED) is 0.817. The molecule has 0 amide bonds. The van der Waals surface area contributed by atoms with Gasteiger partial charge in [-0.25, -0.2) is 17.5 Å². The van der Waals surface area contributed by atoms with E-state index in [1.165, 1.54) is 0 Å². The van der Waals surface area contributed by atoms with Crippen LogP contribution in [0.15, 0.2) is 23.1 Å². The van der Waals surface area contributed by atoms with Gasteiger partial charge in [0.1, 0.15) is 5.82 Å². The van der Waals surface area contributed by atoms with Crippen LogP contribution in [0.5, 0.6) is 0 Å². The molecule has 0 saturated carbocycles. The van der Waals surface area contributed by atoms with Gasteiger partial charge in [-0.05, 0) is 49.5 Å². The molecule has 0 spiro atoms. The van der Waals surface area contributed by atoms with Crippen LogP contribution in [-0.4, -0.2) is 28.1 Å². The van der Waals surface area contributed by atoms with E-state index in [0.29, 0.717) is 25.0 Å². The Morgan fingerprint density at radius 2 is 1.87 bits per heavy atom. The van der Waals surface area contributed by atoms with E-state index < -0.39 is 32.5 Å². The lowest BCUT2D eigenvalue weighted by Gasteiger charge is -2.34. The van der Waals surface area contributed by atoms with Gasteiger partial charge in [0.25, 0.3) is 0 Å². The van der Waals surface area contributed by atoms with Crippen molar-refractivity contribution in [3.8, 4) is 0 Å². The number of hydrogen-bond acceptors (Lipinski definition) is 3. The molecule has 0 unspecified atom stereocenters. The predicted octanol–water partition coefficient (Wildman–Crippen LogP) is 2.51. The molecule has 0 aliphatic carbocycles. The summed E-state index contributed by atoms with van der Waals surface area (Å²) in [4.78, 5) is -0.955. The summed E-state index contributed by atoms with van der Waals surface area (Å²) >= 11 is 0. The Balaban J connectivity index is 2.26. The van der Waals surface area contributed by atoms with E-state index in [4.69, 9.17) is 0 Å². The van der Waals surface area contributed by atoms with Gasteiger partial charge in [0.05, 0.1) is 10.5 Å². The van der Waals surface area contributed by atoms with E-state index in [1.54, 1.807) is 0 Å². The number of benzene rings is 1. The van der Waals surface area contributed by atoms with Crippen molar-refractivity contribution in [3.05, 3.63) is 29.6 Å². The van der Waals surface area contributed by atoms with Gasteiger partial charge in [-0.15, -0.1) is 0 Å². The Morgan fingerprint density at radius 3 is 2.43 bits per heavy atom. The van der Waals surface area contributed by atoms with Crippen molar-refractivity contribution in [3.63, 3.8) is 0 Å². The standard InChI is InChI=1S/C14H18F4N2O2S/c1-13(4-6-19-7-5-13)9-20-23(21,22)12-3-2-10(15)8-11(12)14(16,17)18/h2-3,8,19-20H,4-7,9H2,1H3. The fourth-order valence-electron chi connectivity index (χ4n) is 2.51. The third-order valence-electron chi connectivity index (χ3n) is 4.04. The van der Waals surface area contributed by atoms with Crippen molar-refractivity contribution >= 4 is 10.0 Å². The van der Waals surface area contributed by atoms with Crippen molar-refractivity contribution in [2.75, 3.05) is 19.6 Å². The average molecular weight is 354 g/mol. The number of sulfonamides is 1. The molecular weight excluding hydrogens is 336 g/mol. The minimum Gasteiger partial charge on any atom is -0.317 e. The molecule has 1 aliphatic heterocycles. The highest BCUT2D eigenvalue weighted by Crippen LogP contribution is 2.35. The highest BCUT2D eigenvalue weighted by molar-refractivity contribution is 7.89. The third kappa shape index (κ3) is 4.42. The van der Waals surface area contributed by atoms with Crippen molar-refractivity contribution in [2.24, 2.45) is 5.41 Å².